The van der Waals surface area contributed by atoms with Crippen molar-refractivity contribution in [2.75, 3.05) is 30.0 Å². The Kier molecular flexibility index (Phi) is 6.35. The molecule has 1 aliphatic carbocycles. The van der Waals surface area contributed by atoms with E-state index in [0.29, 0.717) is 4.90 Å². The number of anilines is 1. The van der Waals surface area contributed by atoms with E-state index in [2.05, 4.69) is 10.0 Å². The number of sulfonamides is 1. The van der Waals surface area contributed by atoms with Crippen molar-refractivity contribution < 1.29 is 13.5 Å². The molecule has 1 saturated carbocycles. The first-order valence-electron chi connectivity index (χ1n) is 7.17. The fourth-order valence-corrected chi connectivity index (χ4v) is 3.87. The van der Waals surface area contributed by atoms with Gasteiger partial charge in [-0.05, 0) is 49.3 Å². The maximum Gasteiger partial charge on any atom is 0.240 e. The summed E-state index contributed by atoms with van der Waals surface area (Å²) in [7, 11) is -3.35. The van der Waals surface area contributed by atoms with E-state index in [1.807, 2.05) is 0 Å². The number of aliphatic hydroxyl groups excluding tert-OH is 1. The Morgan fingerprint density at radius 3 is 2.52 bits per heavy atom. The molecule has 1 aliphatic rings. The molecule has 0 spiro atoms. The lowest BCUT2D eigenvalue weighted by molar-refractivity contribution is 0.296. The molecule has 0 heterocycles. The summed E-state index contributed by atoms with van der Waals surface area (Å²) in [5, 5.41) is 11.9. The van der Waals surface area contributed by atoms with Crippen molar-refractivity contribution in [2.24, 2.45) is 0 Å². The minimum atomic E-state index is -3.35. The highest BCUT2D eigenvalue weighted by Crippen LogP contribution is 2.22. The van der Waals surface area contributed by atoms with Crippen LogP contribution in [0.1, 0.15) is 19.3 Å². The number of thioether (sulfide) groups is 1. The normalized spacial score (nSPS) is 15.1. The summed E-state index contributed by atoms with van der Waals surface area (Å²) < 4.78 is 26.7. The summed E-state index contributed by atoms with van der Waals surface area (Å²) in [5.74, 6) is 1.92. The molecule has 0 amide bonds. The molecule has 1 aromatic carbocycles. The minimum Gasteiger partial charge on any atom is -0.396 e. The number of hydrogen-bond acceptors (Lipinski definition) is 5. The van der Waals surface area contributed by atoms with Gasteiger partial charge in [0.2, 0.25) is 10.0 Å². The standard InChI is InChI=1S/C14H22N2O3S2/c17-9-1-10-20-11-8-15-12-4-6-14(7-5-12)21(18,19)16-13-2-3-13/h4-7,13,15-17H,1-3,8-11H2. The zero-order valence-electron chi connectivity index (χ0n) is 11.9. The van der Waals surface area contributed by atoms with Crippen LogP contribution in [0, 0.1) is 0 Å². The van der Waals surface area contributed by atoms with Gasteiger partial charge < -0.3 is 10.4 Å². The Labute approximate surface area is 130 Å². The summed E-state index contributed by atoms with van der Waals surface area (Å²) in [6.45, 7) is 1.06. The Balaban J connectivity index is 1.76. The molecule has 7 heteroatoms. The quantitative estimate of drug-likeness (QED) is 0.569. The van der Waals surface area contributed by atoms with Crippen LogP contribution in [-0.2, 0) is 10.0 Å². The molecule has 2 rings (SSSR count). The maximum atomic E-state index is 12.0. The van der Waals surface area contributed by atoms with E-state index in [0.717, 1.165) is 43.0 Å². The molecule has 0 atom stereocenters. The molecule has 118 valence electrons. The molecule has 0 aliphatic heterocycles. The first kappa shape index (κ1) is 16.6. The van der Waals surface area contributed by atoms with E-state index >= 15 is 0 Å². The third-order valence-electron chi connectivity index (χ3n) is 3.09. The summed E-state index contributed by atoms with van der Waals surface area (Å²) in [4.78, 5) is 0.317. The van der Waals surface area contributed by atoms with Crippen LogP contribution in [0.25, 0.3) is 0 Å². The van der Waals surface area contributed by atoms with Crippen molar-refractivity contribution in [3.8, 4) is 0 Å². The minimum absolute atomic E-state index is 0.128. The summed E-state index contributed by atoms with van der Waals surface area (Å²) in [5.41, 5.74) is 0.920. The Bertz CT molecular complexity index is 528. The van der Waals surface area contributed by atoms with Crippen LogP contribution in [0.3, 0.4) is 0 Å². The highest BCUT2D eigenvalue weighted by atomic mass is 32.2. The predicted molar refractivity (Wildman–Crippen MR) is 87.3 cm³/mol. The smallest absolute Gasteiger partial charge is 0.240 e. The van der Waals surface area contributed by atoms with E-state index < -0.39 is 10.0 Å². The second-order valence-electron chi connectivity index (χ2n) is 5.04. The zero-order valence-corrected chi connectivity index (χ0v) is 13.5. The van der Waals surface area contributed by atoms with Crippen molar-refractivity contribution in [2.45, 2.75) is 30.2 Å². The van der Waals surface area contributed by atoms with Gasteiger partial charge in [0.15, 0.2) is 0 Å². The van der Waals surface area contributed by atoms with Crippen molar-refractivity contribution >= 4 is 27.5 Å². The molecule has 0 aromatic heterocycles. The molecule has 1 fully saturated rings. The monoisotopic (exact) mass is 330 g/mol. The second kappa shape index (κ2) is 8.03. The van der Waals surface area contributed by atoms with E-state index in [-0.39, 0.29) is 12.6 Å². The molecule has 0 bridgehead atoms. The first-order chi connectivity index (χ1) is 10.1. The van der Waals surface area contributed by atoms with Gasteiger partial charge >= 0.3 is 0 Å². The van der Waals surface area contributed by atoms with Crippen LogP contribution < -0.4 is 10.0 Å². The number of hydrogen-bond donors (Lipinski definition) is 3. The van der Waals surface area contributed by atoms with Crippen molar-refractivity contribution in [3.63, 3.8) is 0 Å². The lowest BCUT2D eigenvalue weighted by Gasteiger charge is -2.08. The van der Waals surface area contributed by atoms with Gasteiger partial charge in [-0.2, -0.15) is 11.8 Å². The molecule has 0 unspecified atom stereocenters. The van der Waals surface area contributed by atoms with Gasteiger partial charge in [-0.25, -0.2) is 13.1 Å². The molecular weight excluding hydrogens is 308 g/mol. The first-order valence-corrected chi connectivity index (χ1v) is 9.80. The molecule has 21 heavy (non-hydrogen) atoms. The van der Waals surface area contributed by atoms with E-state index in [1.165, 1.54) is 0 Å². The van der Waals surface area contributed by atoms with E-state index in [4.69, 9.17) is 5.11 Å². The van der Waals surface area contributed by atoms with Crippen molar-refractivity contribution in [3.05, 3.63) is 24.3 Å². The van der Waals surface area contributed by atoms with Crippen LogP contribution in [0.2, 0.25) is 0 Å². The Hall–Kier alpha value is -0.760. The molecule has 0 radical (unpaired) electrons. The van der Waals surface area contributed by atoms with Crippen LogP contribution in [-0.4, -0.2) is 44.2 Å². The van der Waals surface area contributed by atoms with E-state index in [1.54, 1.807) is 36.0 Å². The maximum absolute atomic E-state index is 12.0. The fourth-order valence-electron chi connectivity index (χ4n) is 1.78. The third-order valence-corrected chi connectivity index (χ3v) is 5.69. The number of nitrogens with one attached hydrogen (secondary N) is 2. The van der Waals surface area contributed by atoms with Crippen molar-refractivity contribution in [1.29, 1.82) is 0 Å². The van der Waals surface area contributed by atoms with Crippen molar-refractivity contribution in [1.82, 2.24) is 4.72 Å². The zero-order chi connectivity index (χ0) is 15.1. The molecular formula is C14H22N2O3S2. The Morgan fingerprint density at radius 2 is 1.90 bits per heavy atom. The van der Waals surface area contributed by atoms with Gasteiger partial charge in [0.25, 0.3) is 0 Å². The molecule has 0 saturated heterocycles. The van der Waals surface area contributed by atoms with Gasteiger partial charge in [0.1, 0.15) is 0 Å². The van der Waals surface area contributed by atoms with Gasteiger partial charge in [0.05, 0.1) is 4.90 Å². The third kappa shape index (κ3) is 5.86. The molecule has 3 N–H and O–H groups in total. The fraction of sp³-hybridized carbons (Fsp3) is 0.571. The highest BCUT2D eigenvalue weighted by Gasteiger charge is 2.27. The van der Waals surface area contributed by atoms with Gasteiger partial charge in [0, 0.05) is 30.6 Å². The van der Waals surface area contributed by atoms with Crippen LogP contribution >= 0.6 is 11.8 Å². The predicted octanol–water partition coefficient (Wildman–Crippen LogP) is 1.65. The summed E-state index contributed by atoms with van der Waals surface area (Å²) in [6, 6.07) is 6.97. The Morgan fingerprint density at radius 1 is 1.19 bits per heavy atom. The van der Waals surface area contributed by atoms with Crippen LogP contribution in [0.15, 0.2) is 29.2 Å². The molecule has 1 aromatic rings. The van der Waals surface area contributed by atoms with Crippen LogP contribution in [0.4, 0.5) is 5.69 Å². The second-order valence-corrected chi connectivity index (χ2v) is 7.97. The van der Waals surface area contributed by atoms with Gasteiger partial charge in [-0.3, -0.25) is 0 Å². The average Bonchev–Trinajstić information content (AvgIpc) is 3.26. The largest absolute Gasteiger partial charge is 0.396 e. The highest BCUT2D eigenvalue weighted by molar-refractivity contribution is 7.99. The SMILES string of the molecule is O=S(=O)(NC1CC1)c1ccc(NCCSCCCO)cc1. The average molecular weight is 330 g/mol. The summed E-state index contributed by atoms with van der Waals surface area (Å²) in [6.07, 6.45) is 2.70. The number of rotatable bonds is 10. The van der Waals surface area contributed by atoms with Gasteiger partial charge in [-0.1, -0.05) is 0 Å². The lowest BCUT2D eigenvalue weighted by Crippen LogP contribution is -2.25. The van der Waals surface area contributed by atoms with Gasteiger partial charge in [-0.15, -0.1) is 0 Å². The number of benzene rings is 1. The van der Waals surface area contributed by atoms with Crippen LogP contribution in [0.5, 0.6) is 0 Å². The van der Waals surface area contributed by atoms with E-state index in [9.17, 15) is 8.42 Å². The lowest BCUT2D eigenvalue weighted by atomic mass is 10.3. The summed E-state index contributed by atoms with van der Waals surface area (Å²) >= 11 is 1.79. The number of aliphatic hydroxyl groups is 1. The topological polar surface area (TPSA) is 78.4 Å². The molecule has 5 nitrogen and oxygen atoms in total.